The van der Waals surface area contributed by atoms with Crippen LogP contribution in [0.2, 0.25) is 0 Å². The van der Waals surface area contributed by atoms with Gasteiger partial charge in [-0.3, -0.25) is 9.59 Å². The minimum absolute atomic E-state index is 0.116. The number of ether oxygens (including phenoxy) is 2. The smallest absolute Gasteiger partial charge is 0.290 e. The molecule has 1 aromatic heterocycles. The van der Waals surface area contributed by atoms with Gasteiger partial charge >= 0.3 is 0 Å². The molecule has 0 N–H and O–H groups in total. The predicted octanol–water partition coefficient (Wildman–Crippen LogP) is 5.88. The molecule has 1 atom stereocenters. The highest BCUT2D eigenvalue weighted by Crippen LogP contribution is 2.41. The van der Waals surface area contributed by atoms with Crippen molar-refractivity contribution < 1.29 is 18.7 Å². The lowest BCUT2D eigenvalue weighted by molar-refractivity contribution is 0.0722. The van der Waals surface area contributed by atoms with Gasteiger partial charge in [0, 0.05) is 11.0 Å². The fraction of sp³-hybridized carbons (Fsp3) is 0.448. The van der Waals surface area contributed by atoms with Gasteiger partial charge in [0.1, 0.15) is 5.58 Å². The number of amides is 1. The molecule has 0 aliphatic carbocycles. The maximum atomic E-state index is 13.8. The number of halogens is 1. The highest BCUT2D eigenvalue weighted by atomic mass is 79.9. The number of rotatable bonds is 11. The molecule has 8 heteroatoms. The maximum absolute atomic E-state index is 13.8. The highest BCUT2D eigenvalue weighted by Gasteiger charge is 2.42. The van der Waals surface area contributed by atoms with Gasteiger partial charge in [-0.15, -0.1) is 0 Å². The van der Waals surface area contributed by atoms with Crippen LogP contribution in [-0.4, -0.2) is 56.1 Å². The first-order valence-corrected chi connectivity index (χ1v) is 13.6. The fourth-order valence-electron chi connectivity index (χ4n) is 4.61. The minimum atomic E-state index is -0.576. The Morgan fingerprint density at radius 2 is 1.86 bits per heavy atom. The van der Waals surface area contributed by atoms with E-state index in [4.69, 9.17) is 13.9 Å². The van der Waals surface area contributed by atoms with Gasteiger partial charge in [-0.05, 0) is 82.2 Å². The van der Waals surface area contributed by atoms with Crippen LogP contribution in [0.3, 0.4) is 0 Å². The van der Waals surface area contributed by atoms with Crippen molar-refractivity contribution in [3.8, 4) is 11.5 Å². The number of carbonyl (C=O) groups is 1. The van der Waals surface area contributed by atoms with E-state index < -0.39 is 6.04 Å². The monoisotopic (exact) mass is 570 g/mol. The van der Waals surface area contributed by atoms with E-state index >= 15 is 0 Å². The van der Waals surface area contributed by atoms with Crippen LogP contribution in [0.15, 0.2) is 50.1 Å². The lowest BCUT2D eigenvalue weighted by Gasteiger charge is -2.26. The molecule has 0 spiro atoms. The molecule has 3 aromatic rings. The zero-order valence-corrected chi connectivity index (χ0v) is 23.8. The van der Waals surface area contributed by atoms with E-state index in [1.165, 1.54) is 0 Å². The number of benzene rings is 2. The first-order chi connectivity index (χ1) is 17.7. The van der Waals surface area contributed by atoms with E-state index in [0.717, 1.165) is 29.4 Å². The van der Waals surface area contributed by atoms with Crippen LogP contribution < -0.4 is 14.9 Å². The van der Waals surface area contributed by atoms with Crippen molar-refractivity contribution in [2.75, 3.05) is 40.4 Å². The molecule has 1 unspecified atom stereocenters. The quantitative estimate of drug-likeness (QED) is 0.287. The molecule has 7 nitrogen and oxygen atoms in total. The van der Waals surface area contributed by atoms with E-state index in [1.807, 2.05) is 39.2 Å². The topological polar surface area (TPSA) is 72.2 Å². The summed E-state index contributed by atoms with van der Waals surface area (Å²) in [5.41, 5.74) is 1.37. The van der Waals surface area contributed by atoms with Gasteiger partial charge in [-0.25, -0.2) is 0 Å². The molecule has 0 radical (unpaired) electrons. The van der Waals surface area contributed by atoms with Gasteiger partial charge in [-0.1, -0.05) is 35.8 Å². The summed E-state index contributed by atoms with van der Waals surface area (Å²) in [6.07, 6.45) is 1.69. The number of nitrogens with zero attached hydrogens (tertiary/aromatic N) is 2. The third kappa shape index (κ3) is 5.85. The Kier molecular flexibility index (Phi) is 8.60. The summed E-state index contributed by atoms with van der Waals surface area (Å²) in [5, 5.41) is 0.444. The van der Waals surface area contributed by atoms with Crippen molar-refractivity contribution >= 4 is 32.8 Å². The summed E-state index contributed by atoms with van der Waals surface area (Å²) < 4.78 is 18.8. The highest BCUT2D eigenvalue weighted by molar-refractivity contribution is 9.10. The summed E-state index contributed by atoms with van der Waals surface area (Å²) in [6, 6.07) is 10.4. The van der Waals surface area contributed by atoms with Crippen LogP contribution in [0, 0.1) is 5.92 Å². The second kappa shape index (κ2) is 11.7. The number of hydrogen-bond acceptors (Lipinski definition) is 6. The summed E-state index contributed by atoms with van der Waals surface area (Å²) >= 11 is 3.45. The number of fused-ring (bicyclic) bond motifs is 2. The van der Waals surface area contributed by atoms with Crippen LogP contribution in [0.25, 0.3) is 11.0 Å². The molecule has 1 amide bonds. The van der Waals surface area contributed by atoms with Crippen LogP contribution in [-0.2, 0) is 0 Å². The zero-order valence-electron chi connectivity index (χ0n) is 22.2. The van der Waals surface area contributed by atoms with Crippen molar-refractivity contribution in [1.29, 1.82) is 0 Å². The van der Waals surface area contributed by atoms with Crippen molar-refractivity contribution in [3.05, 3.63) is 68.0 Å². The molecule has 0 saturated heterocycles. The molecular weight excluding hydrogens is 536 g/mol. The standard InChI is InChI=1S/C29H35BrN2O5/c1-6-35-24-16-19(8-10-23(24)36-15-12-18(2)3)26-25-27(33)21-17-20(30)9-11-22(21)37-28(25)29(34)32(26)14-7-13-31(4)5/h8-11,16-18,26H,6-7,12-15H2,1-5H3. The number of hydrogen-bond donors (Lipinski definition) is 0. The van der Waals surface area contributed by atoms with E-state index in [9.17, 15) is 9.59 Å². The Labute approximate surface area is 226 Å². The van der Waals surface area contributed by atoms with Gasteiger partial charge in [0.05, 0.1) is 30.2 Å². The molecule has 0 bridgehead atoms. The van der Waals surface area contributed by atoms with Crippen molar-refractivity contribution in [2.24, 2.45) is 5.92 Å². The average Bonchev–Trinajstić information content (AvgIpc) is 3.12. The predicted molar refractivity (Wildman–Crippen MR) is 149 cm³/mol. The summed E-state index contributed by atoms with van der Waals surface area (Å²) in [5.74, 6) is 1.64. The van der Waals surface area contributed by atoms with Crippen LogP contribution in [0.4, 0.5) is 0 Å². The second-order valence-corrected chi connectivity index (χ2v) is 11.0. The molecule has 4 rings (SSSR count). The lowest BCUT2D eigenvalue weighted by atomic mass is 9.98. The molecule has 1 aliphatic heterocycles. The third-order valence-electron chi connectivity index (χ3n) is 6.47. The van der Waals surface area contributed by atoms with E-state index in [0.29, 0.717) is 53.7 Å². The Hall–Kier alpha value is -2.84. The molecular formula is C29H35BrN2O5. The second-order valence-electron chi connectivity index (χ2n) is 10.0. The van der Waals surface area contributed by atoms with E-state index in [-0.39, 0.29) is 17.1 Å². The van der Waals surface area contributed by atoms with Gasteiger partial charge in [0.25, 0.3) is 5.91 Å². The van der Waals surface area contributed by atoms with Crippen LogP contribution in [0.1, 0.15) is 61.3 Å². The molecule has 37 heavy (non-hydrogen) atoms. The minimum Gasteiger partial charge on any atom is -0.490 e. The van der Waals surface area contributed by atoms with Gasteiger partial charge in [-0.2, -0.15) is 0 Å². The van der Waals surface area contributed by atoms with Crippen molar-refractivity contribution in [2.45, 2.75) is 39.7 Å². The summed E-state index contributed by atoms with van der Waals surface area (Å²) in [6.45, 7) is 8.59. The normalized spacial score (nSPS) is 15.2. The Bertz CT molecular complexity index is 1330. The Balaban J connectivity index is 1.81. The molecule has 2 heterocycles. The molecule has 1 aliphatic rings. The van der Waals surface area contributed by atoms with Crippen molar-refractivity contribution in [1.82, 2.24) is 9.80 Å². The fourth-order valence-corrected chi connectivity index (χ4v) is 4.98. The lowest BCUT2D eigenvalue weighted by Crippen LogP contribution is -2.32. The maximum Gasteiger partial charge on any atom is 0.290 e. The largest absolute Gasteiger partial charge is 0.490 e. The van der Waals surface area contributed by atoms with Gasteiger partial charge < -0.3 is 23.7 Å². The van der Waals surface area contributed by atoms with Crippen LogP contribution >= 0.6 is 15.9 Å². The Morgan fingerprint density at radius 1 is 1.08 bits per heavy atom. The first kappa shape index (κ1) is 27.2. The van der Waals surface area contributed by atoms with Gasteiger partial charge in [0.2, 0.25) is 5.76 Å². The molecule has 0 saturated carbocycles. The SMILES string of the molecule is CCOc1cc(C2c3c(oc4ccc(Br)cc4c3=O)C(=O)N2CCCN(C)C)ccc1OCCC(C)C. The average molecular weight is 572 g/mol. The zero-order chi connectivity index (χ0) is 26.7. The first-order valence-electron chi connectivity index (χ1n) is 12.8. The summed E-state index contributed by atoms with van der Waals surface area (Å²) in [7, 11) is 4.00. The number of carbonyl (C=O) groups excluding carboxylic acids is 1. The Morgan fingerprint density at radius 3 is 2.57 bits per heavy atom. The van der Waals surface area contributed by atoms with E-state index in [1.54, 1.807) is 23.1 Å². The molecule has 2 aromatic carbocycles. The van der Waals surface area contributed by atoms with Crippen LogP contribution in [0.5, 0.6) is 11.5 Å². The summed E-state index contributed by atoms with van der Waals surface area (Å²) in [4.78, 5) is 31.2. The van der Waals surface area contributed by atoms with Crippen molar-refractivity contribution in [3.63, 3.8) is 0 Å². The molecule has 0 fully saturated rings. The third-order valence-corrected chi connectivity index (χ3v) is 6.96. The van der Waals surface area contributed by atoms with Gasteiger partial charge in [0.15, 0.2) is 16.9 Å². The van der Waals surface area contributed by atoms with E-state index in [2.05, 4.69) is 34.7 Å². The molecule has 198 valence electrons.